The molecule has 0 saturated carbocycles. The molecule has 0 spiro atoms. The summed E-state index contributed by atoms with van der Waals surface area (Å²) in [7, 11) is 0. The zero-order valence-electron chi connectivity index (χ0n) is 11.6. The van der Waals surface area contributed by atoms with Gasteiger partial charge in [0.15, 0.2) is 0 Å². The normalized spacial score (nSPS) is 13.8. The maximum atomic E-state index is 6.13. The lowest BCUT2D eigenvalue weighted by Crippen LogP contribution is -2.26. The van der Waals surface area contributed by atoms with Crippen molar-refractivity contribution in [1.82, 2.24) is 15.1 Å². The van der Waals surface area contributed by atoms with Crippen LogP contribution in [0.2, 0.25) is 0 Å². The van der Waals surface area contributed by atoms with Gasteiger partial charge < -0.3 is 10.3 Å². The first kappa shape index (κ1) is 13.2. The first-order valence-electron chi connectivity index (χ1n) is 6.38. The van der Waals surface area contributed by atoms with Crippen LogP contribution in [0, 0.1) is 5.41 Å². The van der Waals surface area contributed by atoms with Gasteiger partial charge in [-0.15, -0.1) is 11.3 Å². The lowest BCUT2D eigenvalue weighted by Gasteiger charge is -2.23. The highest BCUT2D eigenvalue weighted by Crippen LogP contribution is 2.31. The van der Waals surface area contributed by atoms with Crippen LogP contribution in [-0.2, 0) is 0 Å². The number of nitrogens with zero attached hydrogens (tertiary/aromatic N) is 3. The van der Waals surface area contributed by atoms with E-state index in [4.69, 9.17) is 10.3 Å². The second kappa shape index (κ2) is 4.64. The molecule has 0 amide bonds. The molecule has 0 bridgehead atoms. The predicted molar refractivity (Wildman–Crippen MR) is 79.3 cm³/mol. The predicted octanol–water partition coefficient (Wildman–Crippen LogP) is 3.39. The van der Waals surface area contributed by atoms with E-state index < -0.39 is 0 Å². The fourth-order valence-corrected chi connectivity index (χ4v) is 2.60. The molecule has 0 aliphatic carbocycles. The quantitative estimate of drug-likeness (QED) is 0.782. The minimum Gasteiger partial charge on any atom is -0.337 e. The number of hydrogen-bond acceptors (Lipinski definition) is 6. The summed E-state index contributed by atoms with van der Waals surface area (Å²) < 4.78 is 6.40. The van der Waals surface area contributed by atoms with Gasteiger partial charge in [-0.2, -0.15) is 4.98 Å². The van der Waals surface area contributed by atoms with Crippen molar-refractivity contribution in [2.24, 2.45) is 11.1 Å². The molecule has 0 fully saturated rings. The molecule has 2 N–H and O–H groups in total. The number of thiophene rings is 1. The van der Waals surface area contributed by atoms with Crippen LogP contribution in [0.4, 0.5) is 0 Å². The molecular formula is C14H16N4OS. The van der Waals surface area contributed by atoms with Gasteiger partial charge in [0.2, 0.25) is 11.7 Å². The maximum Gasteiger partial charge on any atom is 0.244 e. The molecule has 0 radical (unpaired) electrons. The van der Waals surface area contributed by atoms with E-state index in [-0.39, 0.29) is 11.5 Å². The molecule has 3 aromatic rings. The topological polar surface area (TPSA) is 77.8 Å². The van der Waals surface area contributed by atoms with Gasteiger partial charge in [-0.1, -0.05) is 25.9 Å². The first-order valence-corrected chi connectivity index (χ1v) is 7.26. The Bertz CT molecular complexity index is 741. The molecule has 0 aromatic carbocycles. The highest BCUT2D eigenvalue weighted by Gasteiger charge is 2.27. The van der Waals surface area contributed by atoms with Crippen LogP contribution in [0.3, 0.4) is 0 Å². The SMILES string of the molecule is CC(C)(C)[C@H](N)c1nc(-c2cnc3ccsc3c2)no1. The number of aromatic nitrogens is 3. The largest absolute Gasteiger partial charge is 0.337 e. The summed E-state index contributed by atoms with van der Waals surface area (Å²) in [5, 5.41) is 6.02. The van der Waals surface area contributed by atoms with Crippen molar-refractivity contribution in [2.45, 2.75) is 26.8 Å². The van der Waals surface area contributed by atoms with Crippen LogP contribution in [0.1, 0.15) is 32.7 Å². The minimum atomic E-state index is -0.290. The Morgan fingerprint density at radius 2 is 2.15 bits per heavy atom. The Labute approximate surface area is 120 Å². The molecule has 0 saturated heterocycles. The second-order valence-electron chi connectivity index (χ2n) is 5.83. The molecule has 104 valence electrons. The Morgan fingerprint density at radius 3 is 2.90 bits per heavy atom. The van der Waals surface area contributed by atoms with Gasteiger partial charge >= 0.3 is 0 Å². The third-order valence-corrected chi connectivity index (χ3v) is 4.05. The summed E-state index contributed by atoms with van der Waals surface area (Å²) in [6.45, 7) is 6.13. The standard InChI is InChI=1S/C14H16N4OS/c1-14(2,3)11(15)13-17-12(18-19-13)8-6-10-9(16-7-8)4-5-20-10/h4-7,11H,15H2,1-3H3/t11-/m1/s1. The van der Waals surface area contributed by atoms with Crippen LogP contribution in [-0.4, -0.2) is 15.1 Å². The molecule has 0 aliphatic rings. The van der Waals surface area contributed by atoms with E-state index in [2.05, 4.69) is 15.1 Å². The molecule has 0 unspecified atom stereocenters. The van der Waals surface area contributed by atoms with Gasteiger partial charge in [-0.25, -0.2) is 0 Å². The van der Waals surface area contributed by atoms with Gasteiger partial charge in [0.1, 0.15) is 0 Å². The molecular weight excluding hydrogens is 272 g/mol. The van der Waals surface area contributed by atoms with Crippen molar-refractivity contribution in [3.63, 3.8) is 0 Å². The highest BCUT2D eigenvalue weighted by atomic mass is 32.1. The third kappa shape index (κ3) is 2.32. The molecule has 20 heavy (non-hydrogen) atoms. The fourth-order valence-electron chi connectivity index (χ4n) is 1.82. The molecule has 0 aliphatic heterocycles. The summed E-state index contributed by atoms with van der Waals surface area (Å²) in [4.78, 5) is 8.78. The maximum absolute atomic E-state index is 6.13. The van der Waals surface area contributed by atoms with Crippen LogP contribution >= 0.6 is 11.3 Å². The first-order chi connectivity index (χ1) is 9.45. The van der Waals surface area contributed by atoms with Crippen LogP contribution in [0.5, 0.6) is 0 Å². The van der Waals surface area contributed by atoms with E-state index in [0.29, 0.717) is 11.7 Å². The minimum absolute atomic E-state index is 0.125. The van der Waals surface area contributed by atoms with E-state index in [1.165, 1.54) is 0 Å². The van der Waals surface area contributed by atoms with Crippen LogP contribution in [0.25, 0.3) is 21.6 Å². The van der Waals surface area contributed by atoms with Gasteiger partial charge in [0, 0.05) is 11.8 Å². The van der Waals surface area contributed by atoms with Gasteiger partial charge in [0.25, 0.3) is 0 Å². The summed E-state index contributed by atoms with van der Waals surface area (Å²) in [6.07, 6.45) is 1.76. The van der Waals surface area contributed by atoms with E-state index in [1.54, 1.807) is 17.5 Å². The van der Waals surface area contributed by atoms with Crippen molar-refractivity contribution < 1.29 is 4.52 Å². The monoisotopic (exact) mass is 288 g/mol. The average molecular weight is 288 g/mol. The molecule has 3 aromatic heterocycles. The Kier molecular flexibility index (Phi) is 3.07. The zero-order chi connectivity index (χ0) is 14.3. The second-order valence-corrected chi connectivity index (χ2v) is 6.78. The zero-order valence-corrected chi connectivity index (χ0v) is 12.4. The van der Waals surface area contributed by atoms with Gasteiger partial charge in [0.05, 0.1) is 16.3 Å². The Balaban J connectivity index is 1.97. The number of fused-ring (bicyclic) bond motifs is 1. The van der Waals surface area contributed by atoms with Crippen LogP contribution < -0.4 is 5.73 Å². The van der Waals surface area contributed by atoms with Crippen LogP contribution in [0.15, 0.2) is 28.2 Å². The van der Waals surface area contributed by atoms with E-state index in [9.17, 15) is 0 Å². The number of hydrogen-bond donors (Lipinski definition) is 1. The lowest BCUT2D eigenvalue weighted by atomic mass is 9.87. The summed E-state index contributed by atoms with van der Waals surface area (Å²) in [5.74, 6) is 0.987. The van der Waals surface area contributed by atoms with Crippen molar-refractivity contribution in [2.75, 3.05) is 0 Å². The molecule has 5 nitrogen and oxygen atoms in total. The summed E-state index contributed by atoms with van der Waals surface area (Å²) >= 11 is 1.64. The number of nitrogens with two attached hydrogens (primary N) is 1. The third-order valence-electron chi connectivity index (χ3n) is 3.20. The number of rotatable bonds is 2. The van der Waals surface area contributed by atoms with E-state index in [0.717, 1.165) is 15.8 Å². The summed E-state index contributed by atoms with van der Waals surface area (Å²) in [6, 6.07) is 3.72. The highest BCUT2D eigenvalue weighted by molar-refractivity contribution is 7.17. The van der Waals surface area contributed by atoms with E-state index >= 15 is 0 Å². The van der Waals surface area contributed by atoms with Gasteiger partial charge in [-0.3, -0.25) is 4.98 Å². The Hall–Kier alpha value is -1.79. The van der Waals surface area contributed by atoms with Crippen molar-refractivity contribution in [1.29, 1.82) is 0 Å². The summed E-state index contributed by atoms with van der Waals surface area (Å²) in [5.41, 5.74) is 7.83. The van der Waals surface area contributed by atoms with Crippen molar-refractivity contribution in [3.05, 3.63) is 29.6 Å². The lowest BCUT2D eigenvalue weighted by molar-refractivity contribution is 0.253. The Morgan fingerprint density at radius 1 is 1.35 bits per heavy atom. The van der Waals surface area contributed by atoms with Gasteiger partial charge in [-0.05, 0) is 22.9 Å². The average Bonchev–Trinajstić information content (AvgIpc) is 3.04. The molecule has 6 heteroatoms. The fraction of sp³-hybridized carbons (Fsp3) is 0.357. The number of pyridine rings is 1. The molecule has 1 atom stereocenters. The molecule has 3 heterocycles. The smallest absolute Gasteiger partial charge is 0.244 e. The van der Waals surface area contributed by atoms with Crippen molar-refractivity contribution in [3.8, 4) is 11.4 Å². The van der Waals surface area contributed by atoms with E-state index in [1.807, 2.05) is 38.3 Å². The van der Waals surface area contributed by atoms with Crippen molar-refractivity contribution >= 4 is 21.6 Å². The molecule has 3 rings (SSSR count).